The van der Waals surface area contributed by atoms with Crippen molar-refractivity contribution in [2.24, 2.45) is 17.1 Å². The van der Waals surface area contributed by atoms with Crippen molar-refractivity contribution in [3.63, 3.8) is 0 Å². The van der Waals surface area contributed by atoms with Gasteiger partial charge in [0, 0.05) is 5.92 Å². The molecule has 13 heteroatoms. The Morgan fingerprint density at radius 2 is 1.87 bits per heavy atom. The van der Waals surface area contributed by atoms with E-state index in [1.165, 1.54) is 16.9 Å². The zero-order valence-corrected chi connectivity index (χ0v) is 26.1. The summed E-state index contributed by atoms with van der Waals surface area (Å²) in [5.41, 5.74) is 4.51. The molecule has 1 aromatic carbocycles. The topological polar surface area (TPSA) is 191 Å². The Morgan fingerprint density at radius 3 is 2.49 bits per heavy atom. The van der Waals surface area contributed by atoms with E-state index in [2.05, 4.69) is 15.4 Å². The molecule has 1 amide bonds. The molecule has 0 spiro atoms. The number of aliphatic hydroxyl groups is 1. The van der Waals surface area contributed by atoms with E-state index in [0.29, 0.717) is 18.4 Å². The number of hydrogen-bond donors (Lipinski definition) is 3. The van der Waals surface area contributed by atoms with Crippen LogP contribution in [0, 0.1) is 22.7 Å². The van der Waals surface area contributed by atoms with Crippen molar-refractivity contribution in [3.05, 3.63) is 60.0 Å². The number of aromatic nitrogens is 3. The van der Waals surface area contributed by atoms with Crippen LogP contribution >= 0.6 is 0 Å². The summed E-state index contributed by atoms with van der Waals surface area (Å²) < 4.78 is 18.7. The van der Waals surface area contributed by atoms with Gasteiger partial charge in [0.25, 0.3) is 0 Å². The number of fused-ring (bicyclic) bond motifs is 1. The Labute approximate surface area is 261 Å². The summed E-state index contributed by atoms with van der Waals surface area (Å²) in [5, 5.41) is 29.2. The van der Waals surface area contributed by atoms with Gasteiger partial charge >= 0.3 is 11.9 Å². The van der Waals surface area contributed by atoms with Crippen LogP contribution in [-0.4, -0.2) is 68.5 Å². The number of amides is 1. The number of aliphatic hydroxyl groups excluding tert-OH is 1. The SMILES string of the molecule is CCC(CC)C(=O)Nc1ncnn2c([C@]3(C#N)O[C@H](COC(=O)Cc4ccccc4)[C@@H](OC(=O)[C@H](N)C(C)(C)C)[C@H]3O)ccc12. The molecule has 1 aliphatic rings. The molecule has 0 saturated carbocycles. The van der Waals surface area contributed by atoms with Crippen molar-refractivity contribution in [2.45, 2.75) is 83.8 Å². The summed E-state index contributed by atoms with van der Waals surface area (Å²) in [6.07, 6.45) is -1.95. The molecule has 13 nitrogen and oxygen atoms in total. The maximum absolute atomic E-state index is 13.1. The molecule has 0 bridgehead atoms. The number of esters is 2. The lowest BCUT2D eigenvalue weighted by Crippen LogP contribution is -2.49. The van der Waals surface area contributed by atoms with E-state index in [1.54, 1.807) is 51.1 Å². The highest BCUT2D eigenvalue weighted by Crippen LogP contribution is 2.42. The number of carbonyl (C=O) groups is 3. The van der Waals surface area contributed by atoms with Crippen LogP contribution in [-0.2, 0) is 40.6 Å². The second-order valence-corrected chi connectivity index (χ2v) is 12.2. The largest absolute Gasteiger partial charge is 0.463 e. The van der Waals surface area contributed by atoms with Crippen molar-refractivity contribution < 1.29 is 33.7 Å². The van der Waals surface area contributed by atoms with Crippen LogP contribution in [0.2, 0.25) is 0 Å². The number of nitrogens with one attached hydrogen (secondary N) is 1. The summed E-state index contributed by atoms with van der Waals surface area (Å²) >= 11 is 0. The third-order valence-corrected chi connectivity index (χ3v) is 8.07. The van der Waals surface area contributed by atoms with Gasteiger partial charge in [-0.3, -0.25) is 14.4 Å². The molecule has 0 radical (unpaired) electrons. The van der Waals surface area contributed by atoms with Gasteiger partial charge in [-0.15, -0.1) is 0 Å². The Morgan fingerprint density at radius 1 is 1.18 bits per heavy atom. The number of carbonyl (C=O) groups excluding carboxylic acids is 3. The Balaban J connectivity index is 1.67. The van der Waals surface area contributed by atoms with Crippen molar-refractivity contribution in [3.8, 4) is 6.07 Å². The molecule has 5 atom stereocenters. The van der Waals surface area contributed by atoms with Crippen LogP contribution in [0.4, 0.5) is 5.82 Å². The third kappa shape index (κ3) is 6.98. The Kier molecular flexibility index (Phi) is 10.2. The average molecular weight is 621 g/mol. The second kappa shape index (κ2) is 13.7. The van der Waals surface area contributed by atoms with Gasteiger partial charge in [0.05, 0.1) is 12.1 Å². The fourth-order valence-electron chi connectivity index (χ4n) is 5.18. The molecular formula is C32H40N6O7. The van der Waals surface area contributed by atoms with Gasteiger partial charge < -0.3 is 30.4 Å². The molecule has 3 heterocycles. The molecule has 2 aromatic heterocycles. The first-order chi connectivity index (χ1) is 21.4. The Bertz CT molecular complexity index is 1560. The van der Waals surface area contributed by atoms with Gasteiger partial charge in [0.2, 0.25) is 11.5 Å². The zero-order valence-electron chi connectivity index (χ0n) is 26.1. The normalized spacial score (nSPS) is 22.2. The first-order valence-corrected chi connectivity index (χ1v) is 14.9. The molecule has 0 aliphatic carbocycles. The fourth-order valence-corrected chi connectivity index (χ4v) is 5.18. The van der Waals surface area contributed by atoms with E-state index in [1.807, 2.05) is 26.0 Å². The summed E-state index contributed by atoms with van der Waals surface area (Å²) in [7, 11) is 0. The van der Waals surface area contributed by atoms with E-state index in [9.17, 15) is 24.8 Å². The summed E-state index contributed by atoms with van der Waals surface area (Å²) in [6, 6.07) is 13.0. The number of ether oxygens (including phenoxy) is 3. The molecule has 1 saturated heterocycles. The fraction of sp³-hybridized carbons (Fsp3) is 0.500. The van der Waals surface area contributed by atoms with E-state index in [4.69, 9.17) is 19.9 Å². The molecule has 1 fully saturated rings. The van der Waals surface area contributed by atoms with Gasteiger partial charge in [0.1, 0.15) is 42.8 Å². The van der Waals surface area contributed by atoms with Gasteiger partial charge in [-0.1, -0.05) is 65.0 Å². The summed E-state index contributed by atoms with van der Waals surface area (Å²) in [6.45, 7) is 8.69. The second-order valence-electron chi connectivity index (χ2n) is 12.2. The monoisotopic (exact) mass is 620 g/mol. The van der Waals surface area contributed by atoms with Gasteiger partial charge in [0.15, 0.2) is 11.9 Å². The summed E-state index contributed by atoms with van der Waals surface area (Å²) in [5.74, 6) is -1.63. The number of rotatable bonds is 11. The van der Waals surface area contributed by atoms with Crippen LogP contribution in [0.1, 0.15) is 58.7 Å². The molecule has 0 unspecified atom stereocenters. The Hall–Kier alpha value is -4.38. The highest BCUT2D eigenvalue weighted by Gasteiger charge is 2.60. The number of benzene rings is 1. The van der Waals surface area contributed by atoms with Gasteiger partial charge in [-0.05, 0) is 36.0 Å². The minimum Gasteiger partial charge on any atom is -0.463 e. The lowest BCUT2D eigenvalue weighted by molar-refractivity contribution is -0.163. The van der Waals surface area contributed by atoms with E-state index >= 15 is 0 Å². The highest BCUT2D eigenvalue weighted by molar-refractivity contribution is 5.95. The van der Waals surface area contributed by atoms with Crippen LogP contribution in [0.15, 0.2) is 48.8 Å². The summed E-state index contributed by atoms with van der Waals surface area (Å²) in [4.78, 5) is 42.8. The predicted molar refractivity (Wildman–Crippen MR) is 162 cm³/mol. The van der Waals surface area contributed by atoms with Crippen molar-refractivity contribution >= 4 is 29.2 Å². The standard InChI is InChI=1S/C32H40N6O7/c1-6-20(7-2)29(41)37-28-21-13-14-23(38(21)36-18-35-28)32(17-33)27(40)25(44-30(42)26(34)31(3,4)5)22(45-32)16-43-24(39)15-19-11-9-8-10-12-19/h8-14,18,20,22,25-27,40H,6-7,15-16,34H2,1-5H3,(H,35,36,37,41)/t22-,25-,26+,27-,32+/m1/s1. The van der Waals surface area contributed by atoms with Crippen molar-refractivity contribution in [2.75, 3.05) is 11.9 Å². The minimum absolute atomic E-state index is 0.0233. The van der Waals surface area contributed by atoms with Crippen LogP contribution in [0.5, 0.6) is 0 Å². The molecule has 4 rings (SSSR count). The number of anilines is 1. The third-order valence-electron chi connectivity index (χ3n) is 8.07. The molecule has 240 valence electrons. The molecule has 4 N–H and O–H groups in total. The maximum Gasteiger partial charge on any atom is 0.323 e. The lowest BCUT2D eigenvalue weighted by Gasteiger charge is -2.29. The van der Waals surface area contributed by atoms with E-state index in [0.717, 1.165) is 5.56 Å². The van der Waals surface area contributed by atoms with Crippen LogP contribution < -0.4 is 11.1 Å². The van der Waals surface area contributed by atoms with Crippen LogP contribution in [0.3, 0.4) is 0 Å². The zero-order chi connectivity index (χ0) is 32.9. The van der Waals surface area contributed by atoms with E-state index < -0.39 is 53.9 Å². The number of nitriles is 1. The molecule has 3 aromatic rings. The van der Waals surface area contributed by atoms with Crippen molar-refractivity contribution in [1.82, 2.24) is 14.6 Å². The number of nitrogens with two attached hydrogens (primary N) is 1. The van der Waals surface area contributed by atoms with Gasteiger partial charge in [-0.2, -0.15) is 10.4 Å². The smallest absolute Gasteiger partial charge is 0.323 e. The number of hydrogen-bond acceptors (Lipinski definition) is 11. The average Bonchev–Trinajstić information content (AvgIpc) is 3.56. The predicted octanol–water partition coefficient (Wildman–Crippen LogP) is 2.65. The first-order valence-electron chi connectivity index (χ1n) is 14.9. The first kappa shape index (κ1) is 33.5. The molecule has 1 aliphatic heterocycles. The maximum atomic E-state index is 13.1. The van der Waals surface area contributed by atoms with Gasteiger partial charge in [-0.25, -0.2) is 9.50 Å². The number of nitrogens with zero attached hydrogens (tertiary/aromatic N) is 4. The quantitative estimate of drug-likeness (QED) is 0.267. The molecular weight excluding hydrogens is 580 g/mol. The minimum atomic E-state index is -2.12. The highest BCUT2D eigenvalue weighted by atomic mass is 16.6. The van der Waals surface area contributed by atoms with E-state index in [-0.39, 0.29) is 29.8 Å². The lowest BCUT2D eigenvalue weighted by atomic mass is 9.87. The molecule has 45 heavy (non-hydrogen) atoms. The van der Waals surface area contributed by atoms with Crippen LogP contribution in [0.25, 0.3) is 5.52 Å². The van der Waals surface area contributed by atoms with Crippen molar-refractivity contribution in [1.29, 1.82) is 5.26 Å².